The van der Waals surface area contributed by atoms with Crippen LogP contribution in [0.5, 0.6) is 5.75 Å². The summed E-state index contributed by atoms with van der Waals surface area (Å²) in [7, 11) is 1.97. The van der Waals surface area contributed by atoms with Crippen LogP contribution >= 0.6 is 0 Å². The molecular weight excluding hydrogens is 278 g/mol. The van der Waals surface area contributed by atoms with Crippen LogP contribution in [-0.4, -0.2) is 33.5 Å². The Bertz CT molecular complexity index is 678. The summed E-state index contributed by atoms with van der Waals surface area (Å²) in [6.45, 7) is 3.49. The molecule has 0 spiro atoms. The molecule has 0 N–H and O–H groups in total. The van der Waals surface area contributed by atoms with Gasteiger partial charge in [0.1, 0.15) is 5.75 Å². The lowest BCUT2D eigenvalue weighted by Crippen LogP contribution is -2.39. The summed E-state index contributed by atoms with van der Waals surface area (Å²) in [4.78, 5) is 18.6. The molecular formula is C17H21N3O2. The molecule has 0 unspecified atom stereocenters. The molecule has 0 aliphatic carbocycles. The summed E-state index contributed by atoms with van der Waals surface area (Å²) in [5, 5.41) is 0. The van der Waals surface area contributed by atoms with Gasteiger partial charge in [-0.3, -0.25) is 4.79 Å². The number of ether oxygens (including phenoxy) is 1. The van der Waals surface area contributed by atoms with Crippen molar-refractivity contribution in [2.45, 2.75) is 26.3 Å². The van der Waals surface area contributed by atoms with E-state index in [1.54, 1.807) is 0 Å². The highest BCUT2D eigenvalue weighted by molar-refractivity contribution is 5.78. The molecule has 5 heteroatoms. The second-order valence-corrected chi connectivity index (χ2v) is 5.56. The molecule has 0 saturated heterocycles. The first-order chi connectivity index (χ1) is 10.7. The highest BCUT2D eigenvalue weighted by atomic mass is 16.5. The molecule has 116 valence electrons. The number of benzene rings is 1. The van der Waals surface area contributed by atoms with Gasteiger partial charge < -0.3 is 14.2 Å². The molecule has 2 heterocycles. The summed E-state index contributed by atoms with van der Waals surface area (Å²) >= 11 is 0. The lowest BCUT2D eigenvalue weighted by atomic mass is 10.1. The Morgan fingerprint density at radius 3 is 3.00 bits per heavy atom. The summed E-state index contributed by atoms with van der Waals surface area (Å²) in [5.74, 6) is 0.828. The minimum absolute atomic E-state index is 0.0257. The van der Waals surface area contributed by atoms with Crippen LogP contribution in [0.4, 0.5) is 0 Å². The molecule has 3 rings (SSSR count). The molecule has 0 fully saturated rings. The van der Waals surface area contributed by atoms with Crippen molar-refractivity contribution >= 4 is 5.91 Å². The maximum Gasteiger partial charge on any atom is 0.260 e. The smallest absolute Gasteiger partial charge is 0.260 e. The largest absolute Gasteiger partial charge is 0.483 e. The Labute approximate surface area is 130 Å². The molecule has 0 saturated carbocycles. The van der Waals surface area contributed by atoms with Gasteiger partial charge in [0.2, 0.25) is 0 Å². The van der Waals surface area contributed by atoms with Gasteiger partial charge in [0, 0.05) is 20.0 Å². The van der Waals surface area contributed by atoms with Crippen molar-refractivity contribution in [3.63, 3.8) is 0 Å². The minimum atomic E-state index is 0.0257. The number of amides is 1. The quantitative estimate of drug-likeness (QED) is 0.867. The highest BCUT2D eigenvalue weighted by Gasteiger charge is 2.23. The maximum absolute atomic E-state index is 12.4. The van der Waals surface area contributed by atoms with E-state index in [-0.39, 0.29) is 12.5 Å². The molecule has 2 aromatic rings. The fourth-order valence-electron chi connectivity index (χ4n) is 2.80. The van der Waals surface area contributed by atoms with Gasteiger partial charge in [0.25, 0.3) is 5.91 Å². The van der Waals surface area contributed by atoms with Crippen LogP contribution < -0.4 is 4.74 Å². The maximum atomic E-state index is 12.4. The molecule has 1 aliphatic rings. The Morgan fingerprint density at radius 2 is 2.18 bits per heavy atom. The number of para-hydroxylation sites is 1. The number of carbonyl (C=O) groups is 1. The van der Waals surface area contributed by atoms with Crippen LogP contribution in [0.15, 0.2) is 30.6 Å². The standard InChI is InChI=1S/C17H21N3O2/c1-3-13-6-4-5-7-16(13)22-11-17(21)20-9-8-14-15(10-20)19(2)12-18-14/h4-7,12H,3,8-11H2,1-2H3. The van der Waals surface area contributed by atoms with Crippen molar-refractivity contribution in [3.05, 3.63) is 47.5 Å². The lowest BCUT2D eigenvalue weighted by Gasteiger charge is -2.27. The number of hydrogen-bond acceptors (Lipinski definition) is 3. The number of rotatable bonds is 4. The van der Waals surface area contributed by atoms with Crippen molar-refractivity contribution < 1.29 is 9.53 Å². The Kier molecular flexibility index (Phi) is 4.13. The molecule has 1 aliphatic heterocycles. The van der Waals surface area contributed by atoms with Crippen LogP contribution in [0.3, 0.4) is 0 Å². The van der Waals surface area contributed by atoms with Gasteiger partial charge in [-0.1, -0.05) is 25.1 Å². The normalized spacial score (nSPS) is 13.8. The van der Waals surface area contributed by atoms with Gasteiger partial charge in [-0.2, -0.15) is 0 Å². The summed E-state index contributed by atoms with van der Waals surface area (Å²) in [5.41, 5.74) is 3.35. The third-order valence-electron chi connectivity index (χ3n) is 4.16. The zero-order chi connectivity index (χ0) is 15.5. The first-order valence-electron chi connectivity index (χ1n) is 7.66. The van der Waals surface area contributed by atoms with E-state index in [4.69, 9.17) is 4.74 Å². The van der Waals surface area contributed by atoms with Gasteiger partial charge >= 0.3 is 0 Å². The molecule has 1 amide bonds. The van der Waals surface area contributed by atoms with E-state index in [1.807, 2.05) is 47.1 Å². The average Bonchev–Trinajstić information content (AvgIpc) is 2.93. The van der Waals surface area contributed by atoms with Crippen molar-refractivity contribution in [2.75, 3.05) is 13.2 Å². The van der Waals surface area contributed by atoms with Gasteiger partial charge in [0.15, 0.2) is 6.61 Å². The Balaban J connectivity index is 1.62. The fourth-order valence-corrected chi connectivity index (χ4v) is 2.80. The van der Waals surface area contributed by atoms with Crippen molar-refractivity contribution in [3.8, 4) is 5.75 Å². The van der Waals surface area contributed by atoms with Crippen molar-refractivity contribution in [1.82, 2.24) is 14.5 Å². The van der Waals surface area contributed by atoms with Gasteiger partial charge in [-0.25, -0.2) is 4.98 Å². The summed E-state index contributed by atoms with van der Waals surface area (Å²) in [6.07, 6.45) is 3.52. The SMILES string of the molecule is CCc1ccccc1OCC(=O)N1CCc2ncn(C)c2C1. The minimum Gasteiger partial charge on any atom is -0.483 e. The molecule has 0 atom stereocenters. The average molecular weight is 299 g/mol. The second-order valence-electron chi connectivity index (χ2n) is 5.56. The van der Waals surface area contributed by atoms with E-state index in [1.165, 1.54) is 0 Å². The van der Waals surface area contributed by atoms with E-state index in [9.17, 15) is 4.79 Å². The number of aromatic nitrogens is 2. The van der Waals surface area contributed by atoms with E-state index < -0.39 is 0 Å². The van der Waals surface area contributed by atoms with E-state index in [0.717, 1.165) is 35.5 Å². The monoisotopic (exact) mass is 299 g/mol. The van der Waals surface area contributed by atoms with Crippen LogP contribution in [-0.2, 0) is 31.2 Å². The first kappa shape index (κ1) is 14.6. The van der Waals surface area contributed by atoms with Crippen LogP contribution in [0, 0.1) is 0 Å². The van der Waals surface area contributed by atoms with Crippen molar-refractivity contribution in [1.29, 1.82) is 0 Å². The number of carbonyl (C=O) groups excluding carboxylic acids is 1. The van der Waals surface area contributed by atoms with Gasteiger partial charge in [0.05, 0.1) is 24.3 Å². The van der Waals surface area contributed by atoms with Crippen molar-refractivity contribution in [2.24, 2.45) is 7.05 Å². The lowest BCUT2D eigenvalue weighted by molar-refractivity contribution is -0.134. The molecule has 1 aromatic carbocycles. The number of hydrogen-bond donors (Lipinski definition) is 0. The zero-order valence-corrected chi connectivity index (χ0v) is 13.1. The number of imidazole rings is 1. The topological polar surface area (TPSA) is 47.4 Å². The number of nitrogens with zero attached hydrogens (tertiary/aromatic N) is 3. The number of aryl methyl sites for hydroxylation is 2. The van der Waals surface area contributed by atoms with Crippen LogP contribution in [0.25, 0.3) is 0 Å². The van der Waals surface area contributed by atoms with E-state index in [0.29, 0.717) is 13.1 Å². The summed E-state index contributed by atoms with van der Waals surface area (Å²) < 4.78 is 7.72. The van der Waals surface area contributed by atoms with Gasteiger partial charge in [-0.05, 0) is 18.1 Å². The first-order valence-corrected chi connectivity index (χ1v) is 7.66. The molecule has 22 heavy (non-hydrogen) atoms. The zero-order valence-electron chi connectivity index (χ0n) is 13.1. The van der Waals surface area contributed by atoms with E-state index >= 15 is 0 Å². The Morgan fingerprint density at radius 1 is 1.36 bits per heavy atom. The predicted molar refractivity (Wildman–Crippen MR) is 83.6 cm³/mol. The molecule has 0 radical (unpaired) electrons. The predicted octanol–water partition coefficient (Wildman–Crippen LogP) is 1.95. The van der Waals surface area contributed by atoms with E-state index in [2.05, 4.69) is 11.9 Å². The summed E-state index contributed by atoms with van der Waals surface area (Å²) in [6, 6.07) is 7.87. The molecule has 1 aromatic heterocycles. The highest BCUT2D eigenvalue weighted by Crippen LogP contribution is 2.20. The third-order valence-corrected chi connectivity index (χ3v) is 4.16. The molecule has 0 bridgehead atoms. The van der Waals surface area contributed by atoms with Crippen LogP contribution in [0.1, 0.15) is 23.9 Å². The number of fused-ring (bicyclic) bond motifs is 1. The Hall–Kier alpha value is -2.30. The molecule has 5 nitrogen and oxygen atoms in total. The fraction of sp³-hybridized carbons (Fsp3) is 0.412. The van der Waals surface area contributed by atoms with Gasteiger partial charge in [-0.15, -0.1) is 0 Å². The third kappa shape index (κ3) is 2.84. The van der Waals surface area contributed by atoms with Crippen LogP contribution in [0.2, 0.25) is 0 Å². The second kappa shape index (κ2) is 6.22.